The summed E-state index contributed by atoms with van der Waals surface area (Å²) in [5, 5.41) is 3.33. The summed E-state index contributed by atoms with van der Waals surface area (Å²) in [7, 11) is 0. The number of benzene rings is 1. The van der Waals surface area contributed by atoms with Crippen molar-refractivity contribution in [2.24, 2.45) is 0 Å². The molecule has 2 rings (SSSR count). The van der Waals surface area contributed by atoms with Gasteiger partial charge in [0.05, 0.1) is 15.7 Å². The summed E-state index contributed by atoms with van der Waals surface area (Å²) >= 11 is 11.9. The zero-order chi connectivity index (χ0) is 14.7. The van der Waals surface area contributed by atoms with E-state index in [4.69, 9.17) is 23.2 Å². The van der Waals surface area contributed by atoms with E-state index in [0.29, 0.717) is 5.69 Å². The molecule has 0 radical (unpaired) electrons. The van der Waals surface area contributed by atoms with E-state index < -0.39 is 11.9 Å². The maximum atomic E-state index is 13.1. The molecule has 3 nitrogen and oxygen atoms in total. The van der Waals surface area contributed by atoms with Gasteiger partial charge in [-0.25, -0.2) is 4.39 Å². The Balaban J connectivity index is 2.07. The van der Waals surface area contributed by atoms with Crippen LogP contribution in [0.2, 0.25) is 10.0 Å². The molecule has 1 atom stereocenters. The first-order valence-electron chi connectivity index (χ1n) is 6.69. The summed E-state index contributed by atoms with van der Waals surface area (Å²) in [5.74, 6) is -0.485. The van der Waals surface area contributed by atoms with Crippen molar-refractivity contribution in [3.05, 3.63) is 28.0 Å². The van der Waals surface area contributed by atoms with Crippen LogP contribution in [0.3, 0.4) is 0 Å². The quantitative estimate of drug-likeness (QED) is 0.915. The average molecular weight is 319 g/mol. The predicted molar refractivity (Wildman–Crippen MR) is 79.9 cm³/mol. The summed E-state index contributed by atoms with van der Waals surface area (Å²) in [4.78, 5) is 14.1. The summed E-state index contributed by atoms with van der Waals surface area (Å²) in [6.07, 6.45) is 3.24. The van der Waals surface area contributed by atoms with Crippen molar-refractivity contribution in [1.82, 2.24) is 4.90 Å². The summed E-state index contributed by atoms with van der Waals surface area (Å²) in [5.41, 5.74) is 0.396. The van der Waals surface area contributed by atoms with Crippen LogP contribution < -0.4 is 5.32 Å². The smallest absolute Gasteiger partial charge is 0.244 e. The fourth-order valence-corrected chi connectivity index (χ4v) is 2.92. The molecule has 1 N–H and O–H groups in total. The summed E-state index contributed by atoms with van der Waals surface area (Å²) in [6, 6.07) is 1.90. The van der Waals surface area contributed by atoms with Crippen LogP contribution in [0.1, 0.15) is 26.2 Å². The largest absolute Gasteiger partial charge is 0.371 e. The fourth-order valence-electron chi connectivity index (χ4n) is 2.35. The fraction of sp³-hybridized carbons (Fsp3) is 0.500. The molecule has 0 bridgehead atoms. The maximum Gasteiger partial charge on any atom is 0.244 e. The number of hydrogen-bond donors (Lipinski definition) is 1. The van der Waals surface area contributed by atoms with Crippen molar-refractivity contribution in [3.8, 4) is 0 Å². The van der Waals surface area contributed by atoms with E-state index in [1.165, 1.54) is 18.6 Å². The first-order chi connectivity index (χ1) is 9.49. The van der Waals surface area contributed by atoms with Crippen LogP contribution in [-0.2, 0) is 4.79 Å². The zero-order valence-corrected chi connectivity index (χ0v) is 12.8. The second-order valence-corrected chi connectivity index (χ2v) is 5.81. The molecular weight excluding hydrogens is 302 g/mol. The molecule has 6 heteroatoms. The van der Waals surface area contributed by atoms with Gasteiger partial charge in [-0.05, 0) is 38.3 Å². The van der Waals surface area contributed by atoms with Crippen molar-refractivity contribution >= 4 is 34.8 Å². The van der Waals surface area contributed by atoms with Crippen LogP contribution in [0.4, 0.5) is 10.1 Å². The number of amides is 1. The zero-order valence-electron chi connectivity index (χ0n) is 11.3. The van der Waals surface area contributed by atoms with Gasteiger partial charge in [-0.15, -0.1) is 0 Å². The third kappa shape index (κ3) is 3.55. The number of hydrogen-bond acceptors (Lipinski definition) is 2. The molecule has 1 amide bonds. The van der Waals surface area contributed by atoms with E-state index in [9.17, 15) is 9.18 Å². The molecule has 1 aromatic rings. The molecular formula is C14H17Cl2FN2O. The lowest BCUT2D eigenvalue weighted by molar-refractivity contribution is -0.132. The molecule has 1 unspecified atom stereocenters. The van der Waals surface area contributed by atoms with Gasteiger partial charge in [0, 0.05) is 13.1 Å². The second-order valence-electron chi connectivity index (χ2n) is 5.00. The Hall–Kier alpha value is -1.00. The van der Waals surface area contributed by atoms with Crippen molar-refractivity contribution in [2.45, 2.75) is 32.2 Å². The normalized spacial score (nSPS) is 16.9. The molecule has 1 aliphatic rings. The number of likely N-dealkylation sites (tertiary alicyclic amines) is 1. The Morgan fingerprint density at radius 3 is 2.35 bits per heavy atom. The van der Waals surface area contributed by atoms with Crippen molar-refractivity contribution in [1.29, 1.82) is 0 Å². The summed E-state index contributed by atoms with van der Waals surface area (Å²) in [6.45, 7) is 3.33. The highest BCUT2D eigenvalue weighted by Crippen LogP contribution is 2.32. The van der Waals surface area contributed by atoms with E-state index in [1.807, 2.05) is 4.90 Å². The predicted octanol–water partition coefficient (Wildman–Crippen LogP) is 3.95. The van der Waals surface area contributed by atoms with Crippen molar-refractivity contribution in [2.75, 3.05) is 18.4 Å². The minimum atomic E-state index is -0.499. The molecule has 0 aromatic heterocycles. The number of rotatable bonds is 3. The van der Waals surface area contributed by atoms with Crippen LogP contribution in [-0.4, -0.2) is 29.9 Å². The van der Waals surface area contributed by atoms with Gasteiger partial charge in [-0.1, -0.05) is 23.2 Å². The number of carbonyl (C=O) groups is 1. The standard InChI is InChI=1S/C14H17Cl2FN2O/c1-9(14(20)19-5-3-2-4-6-19)18-13-11(15)7-10(17)8-12(13)16/h7-9,18H,2-6H2,1H3. The lowest BCUT2D eigenvalue weighted by Gasteiger charge is -2.30. The Bertz CT molecular complexity index is 481. The van der Waals surface area contributed by atoms with Gasteiger partial charge < -0.3 is 10.2 Å². The van der Waals surface area contributed by atoms with E-state index >= 15 is 0 Å². The molecule has 1 aromatic carbocycles. The molecule has 1 aliphatic heterocycles. The Labute approximate surface area is 128 Å². The van der Waals surface area contributed by atoms with Crippen molar-refractivity contribution < 1.29 is 9.18 Å². The molecule has 1 heterocycles. The van der Waals surface area contributed by atoms with Gasteiger partial charge in [0.2, 0.25) is 5.91 Å². The molecule has 0 spiro atoms. The first kappa shape index (κ1) is 15.4. The van der Waals surface area contributed by atoms with E-state index in [0.717, 1.165) is 25.9 Å². The Kier molecular flexibility index (Phi) is 5.11. The highest BCUT2D eigenvalue weighted by Gasteiger charge is 2.23. The number of halogens is 3. The highest BCUT2D eigenvalue weighted by molar-refractivity contribution is 6.39. The second kappa shape index (κ2) is 6.64. The number of nitrogens with one attached hydrogen (secondary N) is 1. The number of piperidine rings is 1. The third-order valence-corrected chi connectivity index (χ3v) is 4.00. The Morgan fingerprint density at radius 2 is 1.80 bits per heavy atom. The van der Waals surface area contributed by atoms with E-state index in [1.54, 1.807) is 6.92 Å². The van der Waals surface area contributed by atoms with Crippen LogP contribution >= 0.6 is 23.2 Å². The minimum Gasteiger partial charge on any atom is -0.371 e. The topological polar surface area (TPSA) is 32.3 Å². The van der Waals surface area contributed by atoms with Gasteiger partial charge >= 0.3 is 0 Å². The molecule has 0 saturated carbocycles. The van der Waals surface area contributed by atoms with Gasteiger partial charge in [-0.3, -0.25) is 4.79 Å². The minimum absolute atomic E-state index is 0.0150. The number of nitrogens with zero attached hydrogens (tertiary/aromatic N) is 1. The average Bonchev–Trinajstić information content (AvgIpc) is 2.42. The van der Waals surface area contributed by atoms with Crippen LogP contribution in [0.5, 0.6) is 0 Å². The summed E-state index contributed by atoms with van der Waals surface area (Å²) < 4.78 is 13.1. The Morgan fingerprint density at radius 1 is 1.25 bits per heavy atom. The lowest BCUT2D eigenvalue weighted by Crippen LogP contribution is -2.43. The molecule has 110 valence electrons. The highest BCUT2D eigenvalue weighted by atomic mass is 35.5. The van der Waals surface area contributed by atoms with Gasteiger partial charge in [0.1, 0.15) is 11.9 Å². The molecule has 0 aliphatic carbocycles. The van der Waals surface area contributed by atoms with Crippen LogP contribution in [0, 0.1) is 5.82 Å². The van der Waals surface area contributed by atoms with Gasteiger partial charge in [0.15, 0.2) is 0 Å². The molecule has 20 heavy (non-hydrogen) atoms. The van der Waals surface area contributed by atoms with Gasteiger partial charge in [0.25, 0.3) is 0 Å². The van der Waals surface area contributed by atoms with E-state index in [-0.39, 0.29) is 16.0 Å². The first-order valence-corrected chi connectivity index (χ1v) is 7.44. The SMILES string of the molecule is CC(Nc1c(Cl)cc(F)cc1Cl)C(=O)N1CCCCC1. The lowest BCUT2D eigenvalue weighted by atomic mass is 10.1. The van der Waals surface area contributed by atoms with Crippen LogP contribution in [0.15, 0.2) is 12.1 Å². The number of anilines is 1. The number of carbonyl (C=O) groups excluding carboxylic acids is 1. The third-order valence-electron chi connectivity index (χ3n) is 3.41. The molecule has 1 fully saturated rings. The van der Waals surface area contributed by atoms with Crippen molar-refractivity contribution in [3.63, 3.8) is 0 Å². The maximum absolute atomic E-state index is 13.1. The van der Waals surface area contributed by atoms with Gasteiger partial charge in [-0.2, -0.15) is 0 Å². The van der Waals surface area contributed by atoms with Crippen LogP contribution in [0.25, 0.3) is 0 Å². The van der Waals surface area contributed by atoms with E-state index in [2.05, 4.69) is 5.32 Å². The molecule has 1 saturated heterocycles. The monoisotopic (exact) mass is 318 g/mol.